The van der Waals surface area contributed by atoms with Crippen LogP contribution in [0.15, 0.2) is 29.4 Å². The minimum atomic E-state index is -3.77. The summed E-state index contributed by atoms with van der Waals surface area (Å²) in [4.78, 5) is 12.4. The van der Waals surface area contributed by atoms with Gasteiger partial charge in [0.1, 0.15) is 17.0 Å². The first-order valence-corrected chi connectivity index (χ1v) is 12.6. The molecule has 8 nitrogen and oxygen atoms in total. The fraction of sp³-hybridized carbons (Fsp3) is 0.500. The highest BCUT2D eigenvalue weighted by Crippen LogP contribution is 2.38. The standard InChI is InChI=1S/C20H25N5O3S2/c21-30(26,27)15-5-6-17-16(11-15)18-19(22-12-23-20(18)29-17)24-13-1-3-14(4-2-13)25-7-9-28-10-8-25/h5-6,11-14H,1-4,7-10H2,(H2,21,26,27)(H,22,23,24)/t13-,14-. The van der Waals surface area contributed by atoms with Crippen molar-refractivity contribution in [1.29, 1.82) is 0 Å². The molecule has 0 bridgehead atoms. The Bertz CT molecular complexity index is 1170. The number of ether oxygens (including phenoxy) is 1. The van der Waals surface area contributed by atoms with E-state index in [4.69, 9.17) is 9.88 Å². The third-order valence-electron chi connectivity index (χ3n) is 6.17. The molecule has 0 spiro atoms. The Morgan fingerprint density at radius 1 is 1.13 bits per heavy atom. The summed E-state index contributed by atoms with van der Waals surface area (Å²) in [7, 11) is -3.77. The van der Waals surface area contributed by atoms with Crippen LogP contribution in [0.1, 0.15) is 25.7 Å². The van der Waals surface area contributed by atoms with Gasteiger partial charge >= 0.3 is 0 Å². The molecule has 2 aliphatic rings. The number of morpholine rings is 1. The number of nitrogens with one attached hydrogen (secondary N) is 1. The van der Waals surface area contributed by atoms with Gasteiger partial charge in [0.2, 0.25) is 10.0 Å². The van der Waals surface area contributed by atoms with E-state index in [9.17, 15) is 8.42 Å². The Balaban J connectivity index is 1.39. The number of fused-ring (bicyclic) bond motifs is 3. The van der Waals surface area contributed by atoms with Crippen LogP contribution in [0.25, 0.3) is 20.3 Å². The van der Waals surface area contributed by atoms with Crippen molar-refractivity contribution >= 4 is 47.5 Å². The Kier molecular flexibility index (Phi) is 5.36. The van der Waals surface area contributed by atoms with Crippen LogP contribution in [0.5, 0.6) is 0 Å². The maximum absolute atomic E-state index is 11.8. The number of primary sulfonamides is 1. The SMILES string of the molecule is NS(=O)(=O)c1ccc2sc3ncnc(N[C@H]4CC[C@H](N5CCOCC5)CC4)c3c2c1. The molecule has 3 aromatic rings. The Morgan fingerprint density at radius 3 is 2.63 bits per heavy atom. The zero-order chi connectivity index (χ0) is 20.7. The Labute approximate surface area is 179 Å². The van der Waals surface area contributed by atoms with Crippen molar-refractivity contribution in [2.45, 2.75) is 42.7 Å². The monoisotopic (exact) mass is 447 g/mol. The lowest BCUT2D eigenvalue weighted by atomic mass is 9.90. The summed E-state index contributed by atoms with van der Waals surface area (Å²) >= 11 is 1.53. The maximum atomic E-state index is 11.8. The summed E-state index contributed by atoms with van der Waals surface area (Å²) in [6.45, 7) is 3.73. The summed E-state index contributed by atoms with van der Waals surface area (Å²) in [6.07, 6.45) is 6.05. The number of anilines is 1. The zero-order valence-electron chi connectivity index (χ0n) is 16.6. The zero-order valence-corrected chi connectivity index (χ0v) is 18.2. The molecule has 3 heterocycles. The molecule has 0 amide bonds. The lowest BCUT2D eigenvalue weighted by molar-refractivity contribution is 0.00791. The second-order valence-electron chi connectivity index (χ2n) is 8.01. The molecule has 2 fully saturated rings. The minimum absolute atomic E-state index is 0.107. The van der Waals surface area contributed by atoms with Crippen LogP contribution in [0.4, 0.5) is 5.82 Å². The maximum Gasteiger partial charge on any atom is 0.238 e. The number of thiophene rings is 1. The third kappa shape index (κ3) is 3.90. The van der Waals surface area contributed by atoms with Gasteiger partial charge in [-0.25, -0.2) is 23.5 Å². The molecule has 1 aliphatic heterocycles. The fourth-order valence-corrected chi connectivity index (χ4v) is 6.16. The van der Waals surface area contributed by atoms with Crippen LogP contribution < -0.4 is 10.5 Å². The van der Waals surface area contributed by atoms with Crippen LogP contribution in [-0.4, -0.2) is 61.7 Å². The number of rotatable bonds is 4. The van der Waals surface area contributed by atoms with Gasteiger partial charge < -0.3 is 10.1 Å². The van der Waals surface area contributed by atoms with Crippen LogP contribution in [0.3, 0.4) is 0 Å². The number of nitrogens with two attached hydrogens (primary N) is 1. The topological polar surface area (TPSA) is 110 Å². The smallest absolute Gasteiger partial charge is 0.238 e. The quantitative estimate of drug-likeness (QED) is 0.632. The van der Waals surface area contributed by atoms with E-state index in [1.54, 1.807) is 24.5 Å². The number of nitrogens with zero attached hydrogens (tertiary/aromatic N) is 3. The van der Waals surface area contributed by atoms with E-state index in [2.05, 4.69) is 20.2 Å². The van der Waals surface area contributed by atoms with Gasteiger partial charge in [-0.3, -0.25) is 4.90 Å². The second-order valence-corrected chi connectivity index (χ2v) is 10.6. The van der Waals surface area contributed by atoms with Crippen LogP contribution in [0.2, 0.25) is 0 Å². The minimum Gasteiger partial charge on any atom is -0.379 e. The molecule has 0 radical (unpaired) electrons. The number of hydrogen-bond acceptors (Lipinski definition) is 8. The molecule has 1 aromatic carbocycles. The van der Waals surface area contributed by atoms with Crippen molar-refractivity contribution in [3.63, 3.8) is 0 Å². The van der Waals surface area contributed by atoms with Crippen LogP contribution in [-0.2, 0) is 14.8 Å². The molecule has 1 aliphatic carbocycles. The van der Waals surface area contributed by atoms with E-state index >= 15 is 0 Å². The molecule has 30 heavy (non-hydrogen) atoms. The third-order valence-corrected chi connectivity index (χ3v) is 8.16. The first-order chi connectivity index (χ1) is 14.5. The fourth-order valence-electron chi connectivity index (χ4n) is 4.59. The van der Waals surface area contributed by atoms with E-state index in [1.165, 1.54) is 11.3 Å². The molecule has 2 aromatic heterocycles. The molecule has 1 saturated heterocycles. The summed E-state index contributed by atoms with van der Waals surface area (Å²) in [5.74, 6) is 0.771. The number of hydrogen-bond donors (Lipinski definition) is 2. The van der Waals surface area contributed by atoms with Gasteiger partial charge in [-0.1, -0.05) is 0 Å². The molecule has 1 saturated carbocycles. The lowest BCUT2D eigenvalue weighted by Gasteiger charge is -2.39. The molecule has 0 unspecified atom stereocenters. The molecule has 0 atom stereocenters. The molecular formula is C20H25N5O3S2. The van der Waals surface area contributed by atoms with E-state index in [0.717, 1.165) is 78.1 Å². The van der Waals surface area contributed by atoms with E-state index in [-0.39, 0.29) is 4.90 Å². The van der Waals surface area contributed by atoms with Gasteiger partial charge in [-0.05, 0) is 43.9 Å². The predicted octanol–water partition coefficient (Wildman–Crippen LogP) is 2.55. The Morgan fingerprint density at radius 2 is 1.90 bits per heavy atom. The molecule has 5 rings (SSSR count). The predicted molar refractivity (Wildman–Crippen MR) is 118 cm³/mol. The van der Waals surface area contributed by atoms with Gasteiger partial charge in [0.15, 0.2) is 0 Å². The number of benzene rings is 1. The summed E-state index contributed by atoms with van der Waals surface area (Å²) in [5, 5.41) is 10.7. The van der Waals surface area contributed by atoms with Crippen molar-refractivity contribution in [3.8, 4) is 0 Å². The lowest BCUT2D eigenvalue weighted by Crippen LogP contribution is -2.46. The van der Waals surface area contributed by atoms with Crippen molar-refractivity contribution in [2.75, 3.05) is 31.6 Å². The number of aromatic nitrogens is 2. The highest BCUT2D eigenvalue weighted by molar-refractivity contribution is 7.89. The van der Waals surface area contributed by atoms with Crippen molar-refractivity contribution < 1.29 is 13.2 Å². The van der Waals surface area contributed by atoms with Gasteiger partial charge in [-0.2, -0.15) is 0 Å². The van der Waals surface area contributed by atoms with E-state index < -0.39 is 10.0 Å². The average Bonchev–Trinajstić information content (AvgIpc) is 3.13. The van der Waals surface area contributed by atoms with E-state index in [1.807, 2.05) is 0 Å². The summed E-state index contributed by atoms with van der Waals surface area (Å²) in [5.41, 5.74) is 0. The van der Waals surface area contributed by atoms with Crippen molar-refractivity contribution in [1.82, 2.24) is 14.9 Å². The normalized spacial score (nSPS) is 23.8. The molecule has 3 N–H and O–H groups in total. The second kappa shape index (κ2) is 8.01. The molecule has 10 heteroatoms. The van der Waals surface area contributed by atoms with E-state index in [0.29, 0.717) is 12.1 Å². The molecule has 160 valence electrons. The first-order valence-electron chi connectivity index (χ1n) is 10.3. The summed E-state index contributed by atoms with van der Waals surface area (Å²) in [6, 6.07) is 5.94. The van der Waals surface area contributed by atoms with Gasteiger partial charge in [0.05, 0.1) is 23.5 Å². The van der Waals surface area contributed by atoms with Crippen molar-refractivity contribution in [2.24, 2.45) is 5.14 Å². The van der Waals surface area contributed by atoms with Crippen molar-refractivity contribution in [3.05, 3.63) is 24.5 Å². The van der Waals surface area contributed by atoms with Gasteiger partial charge in [0, 0.05) is 35.3 Å². The molecular weight excluding hydrogens is 422 g/mol. The van der Waals surface area contributed by atoms with Crippen LogP contribution in [0, 0.1) is 0 Å². The Hall–Kier alpha value is -1.85. The first kappa shape index (κ1) is 20.1. The summed E-state index contributed by atoms with van der Waals surface area (Å²) < 4.78 is 30.1. The average molecular weight is 448 g/mol. The van der Waals surface area contributed by atoms with Gasteiger partial charge in [0.25, 0.3) is 0 Å². The number of sulfonamides is 1. The largest absolute Gasteiger partial charge is 0.379 e. The van der Waals surface area contributed by atoms with Gasteiger partial charge in [-0.15, -0.1) is 11.3 Å². The highest BCUT2D eigenvalue weighted by Gasteiger charge is 2.27. The highest BCUT2D eigenvalue weighted by atomic mass is 32.2. The van der Waals surface area contributed by atoms with Crippen LogP contribution >= 0.6 is 11.3 Å².